The molecule has 144 valence electrons. The maximum absolute atomic E-state index is 12.1. The third-order valence-corrected chi connectivity index (χ3v) is 3.94. The highest BCUT2D eigenvalue weighted by molar-refractivity contribution is 6.39. The molecule has 1 aromatic heterocycles. The van der Waals surface area contributed by atoms with E-state index in [0.29, 0.717) is 21.5 Å². The fourth-order valence-electron chi connectivity index (χ4n) is 2.13. The van der Waals surface area contributed by atoms with Gasteiger partial charge < -0.3 is 15.1 Å². The summed E-state index contributed by atoms with van der Waals surface area (Å²) in [6.07, 6.45) is 1.48. The molecule has 4 amide bonds. The molecular formula is C17H18Cl2N4O4. The summed E-state index contributed by atoms with van der Waals surface area (Å²) in [6, 6.07) is 7.59. The fraction of sp³-hybridized carbons (Fsp3) is 0.235. The quantitative estimate of drug-likeness (QED) is 0.647. The highest BCUT2D eigenvalue weighted by atomic mass is 35.5. The summed E-state index contributed by atoms with van der Waals surface area (Å²) in [5.41, 5.74) is 0.306. The lowest BCUT2D eigenvalue weighted by molar-refractivity contribution is -0.122. The molecule has 0 radical (unpaired) electrons. The maximum Gasteiger partial charge on any atom is 0.321 e. The molecule has 2 rings (SSSR count). The number of hydrogen-bond donors (Lipinski definition) is 3. The smallest absolute Gasteiger partial charge is 0.321 e. The molecule has 3 N–H and O–H groups in total. The van der Waals surface area contributed by atoms with Crippen molar-refractivity contribution in [2.75, 3.05) is 25.5 Å². The zero-order valence-electron chi connectivity index (χ0n) is 14.4. The van der Waals surface area contributed by atoms with Gasteiger partial charge in [-0.1, -0.05) is 29.3 Å². The number of rotatable bonds is 7. The summed E-state index contributed by atoms with van der Waals surface area (Å²) in [5, 5.41) is 7.86. The van der Waals surface area contributed by atoms with Crippen LogP contribution in [0.4, 0.5) is 10.5 Å². The van der Waals surface area contributed by atoms with Gasteiger partial charge >= 0.3 is 6.03 Å². The Balaban J connectivity index is 1.73. The molecule has 1 heterocycles. The van der Waals surface area contributed by atoms with Crippen LogP contribution >= 0.6 is 23.2 Å². The van der Waals surface area contributed by atoms with Gasteiger partial charge in [0.25, 0.3) is 0 Å². The van der Waals surface area contributed by atoms with Gasteiger partial charge in [0.15, 0.2) is 0 Å². The number of urea groups is 1. The molecule has 0 bridgehead atoms. The Labute approximate surface area is 165 Å². The number of hydrogen-bond acceptors (Lipinski definition) is 5. The first kappa shape index (κ1) is 20.8. The SMILES string of the molecule is CN(CC(=O)NC(=O)NCc1ccco1)CC(=O)Nc1c(Cl)cccc1Cl. The van der Waals surface area contributed by atoms with Gasteiger partial charge in [-0.2, -0.15) is 0 Å². The number of amides is 4. The van der Waals surface area contributed by atoms with E-state index in [1.54, 1.807) is 37.4 Å². The van der Waals surface area contributed by atoms with Crippen LogP contribution in [0.3, 0.4) is 0 Å². The lowest BCUT2D eigenvalue weighted by Gasteiger charge is -2.16. The van der Waals surface area contributed by atoms with Crippen molar-refractivity contribution in [2.45, 2.75) is 6.54 Å². The first-order valence-corrected chi connectivity index (χ1v) is 8.63. The van der Waals surface area contributed by atoms with Crippen LogP contribution < -0.4 is 16.0 Å². The normalized spacial score (nSPS) is 10.5. The van der Waals surface area contributed by atoms with E-state index >= 15 is 0 Å². The number of carbonyl (C=O) groups excluding carboxylic acids is 3. The molecule has 8 nitrogen and oxygen atoms in total. The van der Waals surface area contributed by atoms with E-state index in [2.05, 4.69) is 16.0 Å². The number of nitrogens with zero attached hydrogens (tertiary/aromatic N) is 1. The Hall–Kier alpha value is -2.55. The number of para-hydroxylation sites is 1. The van der Waals surface area contributed by atoms with Gasteiger partial charge in [-0.15, -0.1) is 0 Å². The Bertz CT molecular complexity index is 791. The van der Waals surface area contributed by atoms with Crippen molar-refractivity contribution >= 4 is 46.7 Å². The van der Waals surface area contributed by atoms with Crippen LogP contribution in [0.15, 0.2) is 41.0 Å². The Morgan fingerprint density at radius 2 is 1.70 bits per heavy atom. The van der Waals surface area contributed by atoms with E-state index in [1.807, 2.05) is 0 Å². The van der Waals surface area contributed by atoms with Crippen LogP contribution in [-0.4, -0.2) is 42.9 Å². The number of imide groups is 1. The van der Waals surface area contributed by atoms with E-state index in [4.69, 9.17) is 27.6 Å². The van der Waals surface area contributed by atoms with Gasteiger partial charge in [0.1, 0.15) is 5.76 Å². The van der Waals surface area contributed by atoms with Gasteiger partial charge in [-0.3, -0.25) is 19.8 Å². The van der Waals surface area contributed by atoms with Crippen LogP contribution in [0.25, 0.3) is 0 Å². The molecule has 0 atom stereocenters. The minimum atomic E-state index is -0.655. The molecule has 2 aromatic rings. The number of halogens is 2. The number of likely N-dealkylation sites (N-methyl/N-ethyl adjacent to an activating group) is 1. The third kappa shape index (κ3) is 6.93. The summed E-state index contributed by atoms with van der Waals surface area (Å²) < 4.78 is 5.06. The van der Waals surface area contributed by atoms with Gasteiger partial charge in [0.05, 0.1) is 41.6 Å². The highest BCUT2D eigenvalue weighted by Gasteiger charge is 2.15. The molecule has 0 aliphatic heterocycles. The van der Waals surface area contributed by atoms with Crippen LogP contribution in [0, 0.1) is 0 Å². The number of carbonyl (C=O) groups is 3. The molecule has 0 fully saturated rings. The average Bonchev–Trinajstić information content (AvgIpc) is 3.09. The molecule has 0 unspecified atom stereocenters. The van der Waals surface area contributed by atoms with E-state index in [0.717, 1.165) is 0 Å². The Kier molecular flexibility index (Phi) is 7.66. The molecule has 0 aliphatic carbocycles. The van der Waals surface area contributed by atoms with Gasteiger partial charge in [-0.05, 0) is 31.3 Å². The summed E-state index contributed by atoms with van der Waals surface area (Å²) in [7, 11) is 1.56. The predicted octanol–water partition coefficient (Wildman–Crippen LogP) is 2.48. The minimum Gasteiger partial charge on any atom is -0.467 e. The minimum absolute atomic E-state index is 0.0943. The monoisotopic (exact) mass is 412 g/mol. The standard InChI is InChI=1S/C17H18Cl2N4O4/c1-23(9-14(24)21-16-12(18)5-2-6-13(16)19)10-15(25)22-17(26)20-8-11-4-3-7-27-11/h2-7H,8-10H2,1H3,(H,21,24)(H2,20,22,25,26). The second kappa shape index (κ2) is 9.96. The molecular weight excluding hydrogens is 395 g/mol. The van der Waals surface area contributed by atoms with Crippen LogP contribution in [0.5, 0.6) is 0 Å². The second-order valence-electron chi connectivity index (χ2n) is 5.63. The predicted molar refractivity (Wildman–Crippen MR) is 102 cm³/mol. The summed E-state index contributed by atoms with van der Waals surface area (Å²) >= 11 is 12.0. The van der Waals surface area contributed by atoms with Crippen molar-refractivity contribution < 1.29 is 18.8 Å². The van der Waals surface area contributed by atoms with Crippen molar-refractivity contribution in [3.8, 4) is 0 Å². The zero-order valence-corrected chi connectivity index (χ0v) is 15.9. The Morgan fingerprint density at radius 1 is 1.04 bits per heavy atom. The Morgan fingerprint density at radius 3 is 2.33 bits per heavy atom. The van der Waals surface area contributed by atoms with E-state index in [1.165, 1.54) is 11.2 Å². The van der Waals surface area contributed by atoms with Gasteiger partial charge in [-0.25, -0.2) is 4.79 Å². The van der Waals surface area contributed by atoms with Crippen molar-refractivity contribution in [3.63, 3.8) is 0 Å². The zero-order chi connectivity index (χ0) is 19.8. The van der Waals surface area contributed by atoms with Crippen LogP contribution in [-0.2, 0) is 16.1 Å². The number of anilines is 1. The van der Waals surface area contributed by atoms with Crippen LogP contribution in [0.1, 0.15) is 5.76 Å². The van der Waals surface area contributed by atoms with Crippen molar-refractivity contribution in [1.29, 1.82) is 0 Å². The lowest BCUT2D eigenvalue weighted by Crippen LogP contribution is -2.44. The molecule has 27 heavy (non-hydrogen) atoms. The van der Waals surface area contributed by atoms with E-state index in [9.17, 15) is 14.4 Å². The third-order valence-electron chi connectivity index (χ3n) is 3.31. The van der Waals surface area contributed by atoms with E-state index in [-0.39, 0.29) is 19.6 Å². The van der Waals surface area contributed by atoms with Crippen molar-refractivity contribution in [2.24, 2.45) is 0 Å². The molecule has 1 aromatic carbocycles. The summed E-state index contributed by atoms with van der Waals surface area (Å²) in [5.74, 6) is -0.398. The average molecular weight is 413 g/mol. The molecule has 0 aliphatic rings. The second-order valence-corrected chi connectivity index (χ2v) is 6.44. The summed E-state index contributed by atoms with van der Waals surface area (Å²) in [4.78, 5) is 37.0. The number of benzene rings is 1. The fourth-order valence-corrected chi connectivity index (χ4v) is 2.63. The van der Waals surface area contributed by atoms with Gasteiger partial charge in [0, 0.05) is 0 Å². The topological polar surface area (TPSA) is 104 Å². The van der Waals surface area contributed by atoms with Crippen molar-refractivity contribution in [3.05, 3.63) is 52.4 Å². The number of furan rings is 1. The largest absolute Gasteiger partial charge is 0.467 e. The highest BCUT2D eigenvalue weighted by Crippen LogP contribution is 2.29. The molecule has 0 spiro atoms. The molecule has 0 saturated carbocycles. The maximum atomic E-state index is 12.1. The van der Waals surface area contributed by atoms with Crippen molar-refractivity contribution in [1.82, 2.24) is 15.5 Å². The van der Waals surface area contributed by atoms with Crippen LogP contribution in [0.2, 0.25) is 10.0 Å². The van der Waals surface area contributed by atoms with E-state index < -0.39 is 17.8 Å². The molecule has 10 heteroatoms. The first-order valence-electron chi connectivity index (χ1n) is 7.87. The lowest BCUT2D eigenvalue weighted by atomic mass is 10.3. The summed E-state index contributed by atoms with van der Waals surface area (Å²) in [6.45, 7) is -0.0935. The first-order chi connectivity index (χ1) is 12.8. The molecule has 0 saturated heterocycles. The van der Waals surface area contributed by atoms with Gasteiger partial charge in [0.2, 0.25) is 11.8 Å². The number of nitrogens with one attached hydrogen (secondary N) is 3.